The maximum Gasteiger partial charge on any atom is 0.165 e. The maximum absolute atomic E-state index is 13.7. The Bertz CT molecular complexity index is 384. The number of ether oxygens (including phenoxy) is 1. The van der Waals surface area contributed by atoms with Gasteiger partial charge in [0.25, 0.3) is 0 Å². The second-order valence-electron chi connectivity index (χ2n) is 4.94. The highest BCUT2D eigenvalue weighted by molar-refractivity contribution is 7.99. The number of thioether (sulfide) groups is 1. The van der Waals surface area contributed by atoms with Crippen LogP contribution in [0.4, 0.5) is 4.39 Å². The van der Waals surface area contributed by atoms with Gasteiger partial charge >= 0.3 is 0 Å². The van der Waals surface area contributed by atoms with Gasteiger partial charge in [-0.25, -0.2) is 4.39 Å². The number of methoxy groups -OCH3 is 1. The fourth-order valence-electron chi connectivity index (χ4n) is 1.84. The molecule has 0 aliphatic heterocycles. The molecule has 0 aromatic heterocycles. The minimum absolute atomic E-state index is 0.189. The van der Waals surface area contributed by atoms with E-state index in [4.69, 9.17) is 4.74 Å². The third-order valence-corrected chi connectivity index (χ3v) is 4.24. The van der Waals surface area contributed by atoms with Crippen molar-refractivity contribution in [3.8, 4) is 5.75 Å². The molecule has 2 nitrogen and oxygen atoms in total. The molecule has 1 rings (SSSR count). The normalized spacial score (nSPS) is 12.7. The van der Waals surface area contributed by atoms with E-state index in [2.05, 4.69) is 26.1 Å². The molecular weight excluding hydrogens is 261 g/mol. The number of hydrogen-bond acceptors (Lipinski definition) is 3. The molecule has 4 heteroatoms. The van der Waals surface area contributed by atoms with Crippen LogP contribution in [-0.4, -0.2) is 25.2 Å². The standard InChI is InChI=1S/C15H24FNOS/c1-5-17-14(10-19-9-11(2)3)12-6-7-15(18-4)13(16)8-12/h6-8,11,14,17H,5,9-10H2,1-4H3. The van der Waals surface area contributed by atoms with Crippen molar-refractivity contribution in [3.63, 3.8) is 0 Å². The van der Waals surface area contributed by atoms with Gasteiger partial charge in [-0.05, 0) is 35.9 Å². The fraction of sp³-hybridized carbons (Fsp3) is 0.600. The molecule has 0 spiro atoms. The zero-order chi connectivity index (χ0) is 14.3. The Kier molecular flexibility index (Phi) is 7.24. The van der Waals surface area contributed by atoms with Gasteiger partial charge < -0.3 is 10.1 Å². The Morgan fingerprint density at radius 2 is 2.05 bits per heavy atom. The van der Waals surface area contributed by atoms with Crippen molar-refractivity contribution in [2.45, 2.75) is 26.8 Å². The molecule has 108 valence electrons. The van der Waals surface area contributed by atoms with Gasteiger partial charge in [0.1, 0.15) is 0 Å². The number of nitrogens with one attached hydrogen (secondary N) is 1. The van der Waals surface area contributed by atoms with Crippen molar-refractivity contribution in [1.29, 1.82) is 0 Å². The van der Waals surface area contributed by atoms with E-state index >= 15 is 0 Å². The van der Waals surface area contributed by atoms with Crippen LogP contribution in [0.15, 0.2) is 18.2 Å². The first-order valence-electron chi connectivity index (χ1n) is 6.73. The summed E-state index contributed by atoms with van der Waals surface area (Å²) in [5.74, 6) is 2.77. The lowest BCUT2D eigenvalue weighted by Crippen LogP contribution is -2.23. The second-order valence-corrected chi connectivity index (χ2v) is 6.01. The molecule has 0 bridgehead atoms. The summed E-state index contributed by atoms with van der Waals surface area (Å²) in [6.07, 6.45) is 0. The first-order valence-corrected chi connectivity index (χ1v) is 7.88. The van der Waals surface area contributed by atoms with Gasteiger partial charge in [0, 0.05) is 11.8 Å². The highest BCUT2D eigenvalue weighted by Gasteiger charge is 2.13. The van der Waals surface area contributed by atoms with Gasteiger partial charge in [0.15, 0.2) is 11.6 Å². The van der Waals surface area contributed by atoms with Crippen molar-refractivity contribution in [3.05, 3.63) is 29.6 Å². The molecule has 1 aromatic rings. The van der Waals surface area contributed by atoms with Crippen LogP contribution in [0.25, 0.3) is 0 Å². The maximum atomic E-state index is 13.7. The van der Waals surface area contributed by atoms with Crippen LogP contribution in [0, 0.1) is 11.7 Å². The van der Waals surface area contributed by atoms with E-state index in [0.717, 1.165) is 23.6 Å². The summed E-state index contributed by atoms with van der Waals surface area (Å²) in [6, 6.07) is 5.39. The molecule has 1 unspecified atom stereocenters. The zero-order valence-electron chi connectivity index (χ0n) is 12.2. The summed E-state index contributed by atoms with van der Waals surface area (Å²) in [5, 5.41) is 3.41. The van der Waals surface area contributed by atoms with Gasteiger partial charge in [-0.3, -0.25) is 0 Å². The van der Waals surface area contributed by atoms with Crippen LogP contribution < -0.4 is 10.1 Å². The smallest absolute Gasteiger partial charge is 0.165 e. The van der Waals surface area contributed by atoms with Gasteiger partial charge in [0.05, 0.1) is 7.11 Å². The zero-order valence-corrected chi connectivity index (χ0v) is 13.0. The van der Waals surface area contributed by atoms with E-state index in [1.54, 1.807) is 12.1 Å². The van der Waals surface area contributed by atoms with E-state index in [-0.39, 0.29) is 11.9 Å². The minimum atomic E-state index is -0.295. The van der Waals surface area contributed by atoms with E-state index < -0.39 is 0 Å². The van der Waals surface area contributed by atoms with Crippen LogP contribution in [0.5, 0.6) is 5.75 Å². The number of halogens is 1. The van der Waals surface area contributed by atoms with Gasteiger partial charge in [-0.15, -0.1) is 0 Å². The summed E-state index contributed by atoms with van der Waals surface area (Å²) in [6.45, 7) is 7.37. The van der Waals surface area contributed by atoms with Crippen molar-refractivity contribution < 1.29 is 9.13 Å². The number of hydrogen-bond donors (Lipinski definition) is 1. The summed E-state index contributed by atoms with van der Waals surface area (Å²) in [5.41, 5.74) is 0.983. The largest absolute Gasteiger partial charge is 0.494 e. The molecule has 0 aliphatic rings. The molecule has 19 heavy (non-hydrogen) atoms. The lowest BCUT2D eigenvalue weighted by molar-refractivity contribution is 0.385. The van der Waals surface area contributed by atoms with Crippen LogP contribution in [0.3, 0.4) is 0 Å². The van der Waals surface area contributed by atoms with Gasteiger partial charge in [-0.1, -0.05) is 26.8 Å². The Morgan fingerprint density at radius 1 is 1.32 bits per heavy atom. The van der Waals surface area contributed by atoms with Crippen molar-refractivity contribution in [2.24, 2.45) is 5.92 Å². The fourth-order valence-corrected chi connectivity index (χ4v) is 2.99. The molecule has 0 radical (unpaired) electrons. The molecular formula is C15H24FNOS. The Labute approximate surface area is 120 Å². The molecule has 0 heterocycles. The predicted octanol–water partition coefficient (Wildman–Crippen LogP) is 3.87. The average Bonchev–Trinajstić information content (AvgIpc) is 2.37. The third-order valence-electron chi connectivity index (χ3n) is 2.76. The van der Waals surface area contributed by atoms with Crippen molar-refractivity contribution in [2.75, 3.05) is 25.2 Å². The molecule has 0 fully saturated rings. The quantitative estimate of drug-likeness (QED) is 0.783. The average molecular weight is 285 g/mol. The highest BCUT2D eigenvalue weighted by Crippen LogP contribution is 2.24. The van der Waals surface area contributed by atoms with Crippen LogP contribution in [0.1, 0.15) is 32.4 Å². The third kappa shape index (κ3) is 5.41. The molecule has 1 N–H and O–H groups in total. The summed E-state index contributed by atoms with van der Waals surface area (Å²) in [7, 11) is 1.48. The van der Waals surface area contributed by atoms with Crippen molar-refractivity contribution >= 4 is 11.8 Å². The summed E-state index contributed by atoms with van der Waals surface area (Å²) in [4.78, 5) is 0. The topological polar surface area (TPSA) is 21.3 Å². The van der Waals surface area contributed by atoms with E-state index in [0.29, 0.717) is 11.7 Å². The molecule has 0 aliphatic carbocycles. The molecule has 1 aromatic carbocycles. The first-order chi connectivity index (χ1) is 9.08. The monoisotopic (exact) mass is 285 g/mol. The molecule has 0 amide bonds. The lowest BCUT2D eigenvalue weighted by Gasteiger charge is -2.19. The van der Waals surface area contributed by atoms with Crippen LogP contribution >= 0.6 is 11.8 Å². The molecule has 1 atom stereocenters. The Hall–Kier alpha value is -0.740. The van der Waals surface area contributed by atoms with Gasteiger partial charge in [-0.2, -0.15) is 11.8 Å². The second kappa shape index (κ2) is 8.43. The first kappa shape index (κ1) is 16.3. The van der Waals surface area contributed by atoms with Crippen LogP contribution in [0.2, 0.25) is 0 Å². The van der Waals surface area contributed by atoms with E-state index in [9.17, 15) is 4.39 Å². The number of benzene rings is 1. The molecule has 0 saturated heterocycles. The summed E-state index contributed by atoms with van der Waals surface area (Å²) >= 11 is 1.90. The lowest BCUT2D eigenvalue weighted by atomic mass is 10.1. The highest BCUT2D eigenvalue weighted by atomic mass is 32.2. The number of rotatable bonds is 8. The SMILES string of the molecule is CCNC(CSCC(C)C)c1ccc(OC)c(F)c1. The Morgan fingerprint density at radius 3 is 2.58 bits per heavy atom. The van der Waals surface area contributed by atoms with Crippen molar-refractivity contribution in [1.82, 2.24) is 5.32 Å². The predicted molar refractivity (Wildman–Crippen MR) is 81.5 cm³/mol. The Balaban J connectivity index is 2.71. The minimum Gasteiger partial charge on any atom is -0.494 e. The van der Waals surface area contributed by atoms with E-state index in [1.165, 1.54) is 7.11 Å². The molecule has 0 saturated carbocycles. The van der Waals surface area contributed by atoms with E-state index in [1.807, 2.05) is 17.8 Å². The van der Waals surface area contributed by atoms with Crippen LogP contribution in [-0.2, 0) is 0 Å². The van der Waals surface area contributed by atoms with Gasteiger partial charge in [0.2, 0.25) is 0 Å². The summed E-state index contributed by atoms with van der Waals surface area (Å²) < 4.78 is 18.7.